The van der Waals surface area contributed by atoms with Crippen LogP contribution in [0.1, 0.15) is 66.4 Å². The van der Waals surface area contributed by atoms with Crippen molar-refractivity contribution in [3.05, 3.63) is 29.8 Å². The Hall–Kier alpha value is -1.02. The Bertz CT molecular complexity index is 410. The molecule has 21 heavy (non-hydrogen) atoms. The van der Waals surface area contributed by atoms with Crippen LogP contribution in [0.15, 0.2) is 24.3 Å². The molecule has 0 saturated heterocycles. The van der Waals surface area contributed by atoms with Gasteiger partial charge in [0.25, 0.3) is 0 Å². The highest BCUT2D eigenvalue weighted by Crippen LogP contribution is 2.29. The van der Waals surface area contributed by atoms with Gasteiger partial charge in [-0.1, -0.05) is 46.8 Å². The summed E-state index contributed by atoms with van der Waals surface area (Å²) >= 11 is 0. The highest BCUT2D eigenvalue weighted by atomic mass is 16.5. The zero-order valence-electron chi connectivity index (χ0n) is 14.8. The summed E-state index contributed by atoms with van der Waals surface area (Å²) in [5.74, 6) is 0.966. The molecular formula is C19H33NO. The first kappa shape index (κ1) is 18.0. The number of hydrogen-bond acceptors (Lipinski definition) is 2. The summed E-state index contributed by atoms with van der Waals surface area (Å²) in [6.45, 7) is 15.3. The van der Waals surface area contributed by atoms with Gasteiger partial charge in [0.15, 0.2) is 0 Å². The van der Waals surface area contributed by atoms with Crippen molar-refractivity contribution in [2.75, 3.05) is 13.1 Å². The van der Waals surface area contributed by atoms with Crippen molar-refractivity contribution in [3.63, 3.8) is 0 Å². The molecule has 0 radical (unpaired) electrons. The molecule has 0 amide bonds. The van der Waals surface area contributed by atoms with E-state index in [1.807, 2.05) is 0 Å². The summed E-state index contributed by atoms with van der Waals surface area (Å²) in [5.41, 5.74) is 1.46. The summed E-state index contributed by atoms with van der Waals surface area (Å²) in [6, 6.07) is 8.63. The van der Waals surface area contributed by atoms with Crippen LogP contribution in [0.2, 0.25) is 0 Å². The quantitative estimate of drug-likeness (QED) is 0.652. The summed E-state index contributed by atoms with van der Waals surface area (Å²) in [5, 5.41) is 3.47. The fourth-order valence-corrected chi connectivity index (χ4v) is 2.23. The SMILES string of the molecule is CCCNCC(C)(CC)Oc1ccc(C(C)(C)CC)cc1. The van der Waals surface area contributed by atoms with E-state index in [0.29, 0.717) is 0 Å². The molecule has 0 aromatic heterocycles. The summed E-state index contributed by atoms with van der Waals surface area (Å²) < 4.78 is 6.24. The molecule has 0 saturated carbocycles. The van der Waals surface area contributed by atoms with Crippen LogP contribution in [-0.4, -0.2) is 18.7 Å². The molecule has 0 aliphatic rings. The van der Waals surface area contributed by atoms with E-state index in [-0.39, 0.29) is 11.0 Å². The fourth-order valence-electron chi connectivity index (χ4n) is 2.23. The maximum absolute atomic E-state index is 6.24. The van der Waals surface area contributed by atoms with Crippen LogP contribution < -0.4 is 10.1 Å². The summed E-state index contributed by atoms with van der Waals surface area (Å²) in [7, 11) is 0. The lowest BCUT2D eigenvalue weighted by molar-refractivity contribution is 0.0837. The average Bonchev–Trinajstić information content (AvgIpc) is 2.48. The predicted molar refractivity (Wildman–Crippen MR) is 92.2 cm³/mol. The second kappa shape index (κ2) is 7.84. The maximum atomic E-state index is 6.24. The van der Waals surface area contributed by atoms with Gasteiger partial charge in [-0.05, 0) is 55.8 Å². The van der Waals surface area contributed by atoms with Crippen molar-refractivity contribution >= 4 is 0 Å². The van der Waals surface area contributed by atoms with E-state index < -0.39 is 0 Å². The van der Waals surface area contributed by atoms with Crippen molar-refractivity contribution in [2.24, 2.45) is 0 Å². The predicted octanol–water partition coefficient (Wildman–Crippen LogP) is 4.92. The molecule has 1 atom stereocenters. The molecule has 1 aromatic carbocycles. The van der Waals surface area contributed by atoms with Crippen molar-refractivity contribution in [2.45, 2.75) is 71.8 Å². The highest BCUT2D eigenvalue weighted by Gasteiger charge is 2.24. The van der Waals surface area contributed by atoms with Crippen LogP contribution in [-0.2, 0) is 5.41 Å². The molecule has 0 bridgehead atoms. The van der Waals surface area contributed by atoms with Gasteiger partial charge in [0.1, 0.15) is 11.4 Å². The number of nitrogens with one attached hydrogen (secondary N) is 1. The second-order valence-electron chi connectivity index (χ2n) is 6.84. The monoisotopic (exact) mass is 291 g/mol. The lowest BCUT2D eigenvalue weighted by atomic mass is 9.82. The molecule has 1 unspecified atom stereocenters. The Morgan fingerprint density at radius 2 is 1.57 bits per heavy atom. The molecule has 0 heterocycles. The summed E-state index contributed by atoms with van der Waals surface area (Å²) in [4.78, 5) is 0. The fraction of sp³-hybridized carbons (Fsp3) is 0.684. The first-order chi connectivity index (χ1) is 9.87. The van der Waals surface area contributed by atoms with Crippen molar-refractivity contribution in [3.8, 4) is 5.75 Å². The normalized spacial score (nSPS) is 14.8. The van der Waals surface area contributed by atoms with Gasteiger partial charge in [-0.3, -0.25) is 0 Å². The van der Waals surface area contributed by atoms with Crippen molar-refractivity contribution < 1.29 is 4.74 Å². The number of hydrogen-bond donors (Lipinski definition) is 1. The number of rotatable bonds is 9. The minimum Gasteiger partial charge on any atom is -0.486 e. The minimum atomic E-state index is -0.142. The molecule has 120 valence electrons. The van der Waals surface area contributed by atoms with Crippen LogP contribution in [0.5, 0.6) is 5.75 Å². The minimum absolute atomic E-state index is 0.142. The van der Waals surface area contributed by atoms with Gasteiger partial charge in [0, 0.05) is 6.54 Å². The maximum Gasteiger partial charge on any atom is 0.120 e. The van der Waals surface area contributed by atoms with E-state index >= 15 is 0 Å². The Morgan fingerprint density at radius 1 is 0.952 bits per heavy atom. The van der Waals surface area contributed by atoms with Crippen LogP contribution in [0.3, 0.4) is 0 Å². The van der Waals surface area contributed by atoms with Crippen LogP contribution in [0.4, 0.5) is 0 Å². The lowest BCUT2D eigenvalue weighted by Crippen LogP contribution is -2.42. The van der Waals surface area contributed by atoms with Gasteiger partial charge in [-0.25, -0.2) is 0 Å². The Balaban J connectivity index is 2.73. The van der Waals surface area contributed by atoms with E-state index in [1.54, 1.807) is 0 Å². The summed E-state index contributed by atoms with van der Waals surface area (Å²) in [6.07, 6.45) is 3.29. The Morgan fingerprint density at radius 3 is 2.05 bits per heavy atom. The molecule has 0 spiro atoms. The van der Waals surface area contributed by atoms with E-state index in [9.17, 15) is 0 Å². The van der Waals surface area contributed by atoms with Gasteiger partial charge in [0.05, 0.1) is 0 Å². The van der Waals surface area contributed by atoms with E-state index in [0.717, 1.165) is 38.1 Å². The van der Waals surface area contributed by atoms with Crippen molar-refractivity contribution in [1.82, 2.24) is 5.32 Å². The first-order valence-corrected chi connectivity index (χ1v) is 8.37. The standard InChI is InChI=1S/C19H33NO/c1-7-14-20-15-19(6,9-3)21-17-12-10-16(11-13-17)18(4,5)8-2/h10-13,20H,7-9,14-15H2,1-6H3. The van der Waals surface area contributed by atoms with Gasteiger partial charge >= 0.3 is 0 Å². The van der Waals surface area contributed by atoms with E-state index in [1.165, 1.54) is 5.56 Å². The third-order valence-corrected chi connectivity index (χ3v) is 4.56. The zero-order valence-corrected chi connectivity index (χ0v) is 14.8. The topological polar surface area (TPSA) is 21.3 Å². The zero-order chi connectivity index (χ0) is 15.9. The lowest BCUT2D eigenvalue weighted by Gasteiger charge is -2.30. The van der Waals surface area contributed by atoms with Gasteiger partial charge < -0.3 is 10.1 Å². The van der Waals surface area contributed by atoms with Gasteiger partial charge in [0.2, 0.25) is 0 Å². The molecule has 2 nitrogen and oxygen atoms in total. The van der Waals surface area contributed by atoms with Crippen LogP contribution in [0, 0.1) is 0 Å². The molecule has 0 aliphatic heterocycles. The number of benzene rings is 1. The smallest absolute Gasteiger partial charge is 0.120 e. The van der Waals surface area contributed by atoms with Crippen LogP contribution in [0.25, 0.3) is 0 Å². The molecular weight excluding hydrogens is 258 g/mol. The second-order valence-corrected chi connectivity index (χ2v) is 6.84. The molecule has 1 N–H and O–H groups in total. The average molecular weight is 291 g/mol. The third kappa shape index (κ3) is 5.35. The van der Waals surface area contributed by atoms with Gasteiger partial charge in [-0.2, -0.15) is 0 Å². The highest BCUT2D eigenvalue weighted by molar-refractivity contribution is 5.32. The van der Waals surface area contributed by atoms with E-state index in [2.05, 4.69) is 71.1 Å². The molecule has 2 heteroatoms. The first-order valence-electron chi connectivity index (χ1n) is 8.37. The molecule has 0 fully saturated rings. The molecule has 1 rings (SSSR count). The van der Waals surface area contributed by atoms with Crippen molar-refractivity contribution in [1.29, 1.82) is 0 Å². The molecule has 0 aliphatic carbocycles. The largest absolute Gasteiger partial charge is 0.486 e. The molecule has 1 aromatic rings. The van der Waals surface area contributed by atoms with Crippen LogP contribution >= 0.6 is 0 Å². The van der Waals surface area contributed by atoms with Gasteiger partial charge in [-0.15, -0.1) is 0 Å². The Labute approximate surface area is 131 Å². The Kier molecular flexibility index (Phi) is 6.73. The number of ether oxygens (including phenoxy) is 1. The third-order valence-electron chi connectivity index (χ3n) is 4.56. The van der Waals surface area contributed by atoms with E-state index in [4.69, 9.17) is 4.74 Å².